The van der Waals surface area contributed by atoms with Crippen LogP contribution in [0.5, 0.6) is 0 Å². The predicted octanol–water partition coefficient (Wildman–Crippen LogP) is 5.83. The Morgan fingerprint density at radius 3 is 2.41 bits per heavy atom. The van der Waals surface area contributed by atoms with E-state index in [0.717, 1.165) is 48.7 Å². The Labute approximate surface area is 199 Å². The summed E-state index contributed by atoms with van der Waals surface area (Å²) in [5.41, 5.74) is 2.52. The van der Waals surface area contributed by atoms with Crippen molar-refractivity contribution in [2.24, 2.45) is 0 Å². The number of imidazole rings is 1. The molecule has 170 valence electrons. The first-order valence-corrected chi connectivity index (χ1v) is 11.7. The van der Waals surface area contributed by atoms with E-state index in [9.17, 15) is 4.39 Å². The quantitative estimate of drug-likeness (QED) is 0.487. The second-order valence-corrected chi connectivity index (χ2v) is 9.90. The number of nitrogens with one attached hydrogen (secondary N) is 1. The van der Waals surface area contributed by atoms with Crippen LogP contribution < -0.4 is 5.32 Å². The number of hydrogen-bond acceptors (Lipinski definition) is 3. The van der Waals surface area contributed by atoms with Crippen molar-refractivity contribution in [3.8, 4) is 5.69 Å². The van der Waals surface area contributed by atoms with Crippen LogP contribution in [0.15, 0.2) is 48.7 Å². The normalized spacial score (nSPS) is 15.9. The highest BCUT2D eigenvalue weighted by Gasteiger charge is 2.30. The Morgan fingerprint density at radius 2 is 1.75 bits per heavy atom. The van der Waals surface area contributed by atoms with Gasteiger partial charge >= 0.3 is 0 Å². The van der Waals surface area contributed by atoms with Gasteiger partial charge in [-0.3, -0.25) is 4.57 Å². The Kier molecular flexibility index (Phi) is 6.91. The van der Waals surface area contributed by atoms with Crippen molar-refractivity contribution >= 4 is 23.2 Å². The third-order valence-corrected chi connectivity index (χ3v) is 7.21. The monoisotopic (exact) mass is 474 g/mol. The minimum absolute atomic E-state index is 0.259. The van der Waals surface area contributed by atoms with Gasteiger partial charge in [-0.2, -0.15) is 0 Å². The topological polar surface area (TPSA) is 33.1 Å². The zero-order chi connectivity index (χ0) is 22.9. The lowest BCUT2D eigenvalue weighted by Gasteiger charge is -2.30. The number of halogens is 3. The van der Waals surface area contributed by atoms with E-state index in [1.54, 1.807) is 12.1 Å². The van der Waals surface area contributed by atoms with Crippen molar-refractivity contribution in [3.05, 3.63) is 81.6 Å². The number of likely N-dealkylation sites (tertiary alicyclic amines) is 1. The van der Waals surface area contributed by atoms with Crippen LogP contribution in [0.25, 0.3) is 5.69 Å². The fourth-order valence-corrected chi connectivity index (χ4v) is 4.61. The first-order valence-electron chi connectivity index (χ1n) is 11.0. The molecule has 1 fully saturated rings. The summed E-state index contributed by atoms with van der Waals surface area (Å²) in [6.45, 7) is 7.11. The lowest BCUT2D eigenvalue weighted by atomic mass is 9.81. The summed E-state index contributed by atoms with van der Waals surface area (Å²) in [6, 6.07) is 12.8. The molecule has 1 aliphatic rings. The lowest BCUT2D eigenvalue weighted by molar-refractivity contribution is 0.233. The van der Waals surface area contributed by atoms with Gasteiger partial charge in [-0.25, -0.2) is 9.37 Å². The van der Waals surface area contributed by atoms with Crippen LogP contribution in [-0.4, -0.2) is 40.6 Å². The van der Waals surface area contributed by atoms with Gasteiger partial charge in [0.2, 0.25) is 0 Å². The van der Waals surface area contributed by atoms with Gasteiger partial charge in [-0.1, -0.05) is 43.1 Å². The molecule has 0 atom stereocenters. The van der Waals surface area contributed by atoms with E-state index in [-0.39, 0.29) is 5.82 Å². The number of rotatable bonds is 6. The molecule has 0 spiro atoms. The molecule has 1 N–H and O–H groups in total. The summed E-state index contributed by atoms with van der Waals surface area (Å²) in [5.74, 6) is 0.642. The Balaban J connectivity index is 1.70. The van der Waals surface area contributed by atoms with Gasteiger partial charge in [0.15, 0.2) is 0 Å². The maximum atomic E-state index is 13.7. The van der Waals surface area contributed by atoms with Crippen LogP contribution in [0.1, 0.15) is 43.8 Å². The van der Waals surface area contributed by atoms with Crippen molar-refractivity contribution in [2.45, 2.75) is 44.7 Å². The van der Waals surface area contributed by atoms with Gasteiger partial charge in [0.05, 0.1) is 22.3 Å². The summed E-state index contributed by atoms with van der Waals surface area (Å²) in [4.78, 5) is 7.14. The molecule has 0 saturated carbocycles. The van der Waals surface area contributed by atoms with Crippen LogP contribution in [0, 0.1) is 5.82 Å². The van der Waals surface area contributed by atoms with Gasteiger partial charge < -0.3 is 10.2 Å². The van der Waals surface area contributed by atoms with Crippen molar-refractivity contribution < 1.29 is 4.39 Å². The molecule has 7 heteroatoms. The standard InChI is InChI=1S/C25H29Cl2FN4/c1-25(2,17-4-9-21(26)22(27)14-17)23-15-30-24(16-29-19-10-12-31(3)13-11-19)32(23)20-7-5-18(28)6-8-20/h4-9,14-15,19,29H,10-13,16H2,1-3H3. The summed E-state index contributed by atoms with van der Waals surface area (Å²) >= 11 is 12.5. The average Bonchev–Trinajstić information content (AvgIpc) is 3.20. The van der Waals surface area contributed by atoms with Crippen LogP contribution in [0.4, 0.5) is 4.39 Å². The molecular weight excluding hydrogens is 446 g/mol. The second kappa shape index (κ2) is 9.52. The predicted molar refractivity (Wildman–Crippen MR) is 129 cm³/mol. The van der Waals surface area contributed by atoms with Gasteiger partial charge in [0.25, 0.3) is 0 Å². The molecule has 0 unspecified atom stereocenters. The van der Waals surface area contributed by atoms with Crippen LogP contribution in [0.3, 0.4) is 0 Å². The maximum absolute atomic E-state index is 13.7. The van der Waals surface area contributed by atoms with Gasteiger partial charge in [0.1, 0.15) is 11.6 Å². The first kappa shape index (κ1) is 23.2. The highest BCUT2D eigenvalue weighted by Crippen LogP contribution is 2.36. The van der Waals surface area contributed by atoms with Crippen molar-refractivity contribution in [2.75, 3.05) is 20.1 Å². The third-order valence-electron chi connectivity index (χ3n) is 6.47. The van der Waals surface area contributed by atoms with E-state index >= 15 is 0 Å². The SMILES string of the molecule is CN1CCC(NCc2ncc(C(C)(C)c3ccc(Cl)c(Cl)c3)n2-c2ccc(F)cc2)CC1. The molecular formula is C25H29Cl2FN4. The minimum atomic E-state index is -0.401. The highest BCUT2D eigenvalue weighted by atomic mass is 35.5. The van der Waals surface area contributed by atoms with E-state index in [0.29, 0.717) is 22.6 Å². The molecule has 0 bridgehead atoms. The minimum Gasteiger partial charge on any atom is -0.307 e. The molecule has 3 aromatic rings. The second-order valence-electron chi connectivity index (χ2n) is 9.08. The molecule has 0 radical (unpaired) electrons. The van der Waals surface area contributed by atoms with E-state index < -0.39 is 5.41 Å². The van der Waals surface area contributed by atoms with E-state index in [1.165, 1.54) is 12.1 Å². The Bertz CT molecular complexity index is 1070. The average molecular weight is 475 g/mol. The fourth-order valence-electron chi connectivity index (χ4n) is 4.32. The highest BCUT2D eigenvalue weighted by molar-refractivity contribution is 6.42. The van der Waals surface area contributed by atoms with Crippen molar-refractivity contribution in [1.82, 2.24) is 19.8 Å². The molecule has 1 saturated heterocycles. The number of benzene rings is 2. The van der Waals surface area contributed by atoms with Crippen molar-refractivity contribution in [3.63, 3.8) is 0 Å². The molecule has 32 heavy (non-hydrogen) atoms. The van der Waals surface area contributed by atoms with E-state index in [2.05, 4.69) is 35.7 Å². The number of nitrogens with zero attached hydrogens (tertiary/aromatic N) is 3. The van der Waals surface area contributed by atoms with Crippen LogP contribution in [-0.2, 0) is 12.0 Å². The van der Waals surface area contributed by atoms with E-state index in [4.69, 9.17) is 28.2 Å². The van der Waals surface area contributed by atoms with Gasteiger partial charge in [-0.05, 0) is 74.9 Å². The molecule has 0 aliphatic carbocycles. The van der Waals surface area contributed by atoms with Gasteiger partial charge in [-0.15, -0.1) is 0 Å². The summed E-state index contributed by atoms with van der Waals surface area (Å²) in [5, 5.41) is 4.73. The zero-order valence-corrected chi connectivity index (χ0v) is 20.2. The first-order chi connectivity index (χ1) is 15.3. The maximum Gasteiger partial charge on any atom is 0.127 e. The molecule has 1 aliphatic heterocycles. The fraction of sp³-hybridized carbons (Fsp3) is 0.400. The summed E-state index contributed by atoms with van der Waals surface area (Å²) in [7, 11) is 2.16. The summed E-state index contributed by atoms with van der Waals surface area (Å²) < 4.78 is 15.8. The van der Waals surface area contributed by atoms with Crippen LogP contribution >= 0.6 is 23.2 Å². The Hall–Kier alpha value is -1.92. The summed E-state index contributed by atoms with van der Waals surface area (Å²) in [6.07, 6.45) is 4.16. The third kappa shape index (κ3) is 4.86. The number of piperidine rings is 1. The molecule has 2 aromatic carbocycles. The molecule has 2 heterocycles. The van der Waals surface area contributed by atoms with E-state index in [1.807, 2.05) is 24.4 Å². The van der Waals surface area contributed by atoms with Crippen LogP contribution in [0.2, 0.25) is 10.0 Å². The number of hydrogen-bond donors (Lipinski definition) is 1. The molecule has 4 rings (SSSR count). The molecule has 1 aromatic heterocycles. The van der Waals surface area contributed by atoms with Crippen molar-refractivity contribution in [1.29, 1.82) is 0 Å². The molecule has 0 amide bonds. The number of aromatic nitrogens is 2. The lowest BCUT2D eigenvalue weighted by Crippen LogP contribution is -2.40. The molecule has 4 nitrogen and oxygen atoms in total. The largest absolute Gasteiger partial charge is 0.307 e. The smallest absolute Gasteiger partial charge is 0.127 e. The van der Waals surface area contributed by atoms with Gasteiger partial charge in [0, 0.05) is 23.3 Å². The Morgan fingerprint density at radius 1 is 1.06 bits per heavy atom. The zero-order valence-electron chi connectivity index (χ0n) is 18.7.